The highest BCUT2D eigenvalue weighted by atomic mass is 19.1. The van der Waals surface area contributed by atoms with Crippen LogP contribution in [0.3, 0.4) is 0 Å². The molecule has 0 aromatic heterocycles. The molecule has 0 fully saturated rings. The molecule has 6 heteroatoms. The number of hydrogen-bond acceptors (Lipinski definition) is 3. The molecule has 0 aliphatic carbocycles. The maximum atomic E-state index is 13.7. The largest absolute Gasteiger partial charge is 0.481 e. The van der Waals surface area contributed by atoms with E-state index in [0.717, 1.165) is 0 Å². The molecule has 0 heterocycles. The van der Waals surface area contributed by atoms with Crippen LogP contribution in [0.2, 0.25) is 0 Å². The van der Waals surface area contributed by atoms with Gasteiger partial charge in [-0.2, -0.15) is 0 Å². The Morgan fingerprint density at radius 1 is 1.35 bits per heavy atom. The zero-order chi connectivity index (χ0) is 17.6. The zero-order valence-electron chi connectivity index (χ0n) is 13.9. The first-order valence-electron chi connectivity index (χ1n) is 7.64. The van der Waals surface area contributed by atoms with Crippen LogP contribution in [-0.2, 0) is 9.59 Å². The molecule has 1 amide bonds. The molecule has 2 N–H and O–H groups in total. The Hall–Kier alpha value is -2.11. The van der Waals surface area contributed by atoms with Crippen molar-refractivity contribution < 1.29 is 23.8 Å². The van der Waals surface area contributed by atoms with Gasteiger partial charge in [-0.3, -0.25) is 9.59 Å². The second-order valence-electron chi connectivity index (χ2n) is 6.08. The molecule has 1 aromatic rings. The van der Waals surface area contributed by atoms with Crippen molar-refractivity contribution in [2.75, 3.05) is 0 Å². The second-order valence-corrected chi connectivity index (χ2v) is 6.08. The molecule has 0 bridgehead atoms. The van der Waals surface area contributed by atoms with Gasteiger partial charge in [-0.15, -0.1) is 0 Å². The Bertz CT molecular complexity index is 561. The van der Waals surface area contributed by atoms with Crippen molar-refractivity contribution in [1.29, 1.82) is 0 Å². The number of rotatable bonds is 8. The number of para-hydroxylation sites is 1. The molecule has 0 saturated heterocycles. The summed E-state index contributed by atoms with van der Waals surface area (Å²) in [5.41, 5.74) is -0.908. The molecule has 0 aliphatic rings. The quantitative estimate of drug-likeness (QED) is 0.770. The van der Waals surface area contributed by atoms with Crippen LogP contribution >= 0.6 is 0 Å². The lowest BCUT2D eigenvalue weighted by atomic mass is 9.85. The Kier molecular flexibility index (Phi) is 6.54. The summed E-state index contributed by atoms with van der Waals surface area (Å²) < 4.78 is 19.1. The standard InChI is InChI=1S/C17H24FNO4/c1-5-13(23-14-9-7-6-8-12(14)18)16(22)19-17(4,11(2)3)10-15(20)21/h6-9,11,13H,5,10H2,1-4H3,(H,19,22)(H,20,21). The SMILES string of the molecule is CCC(Oc1ccccc1F)C(=O)NC(C)(CC(=O)O)C(C)C. The summed E-state index contributed by atoms with van der Waals surface area (Å²) in [7, 11) is 0. The minimum Gasteiger partial charge on any atom is -0.481 e. The maximum absolute atomic E-state index is 13.7. The van der Waals surface area contributed by atoms with Gasteiger partial charge in [0.2, 0.25) is 0 Å². The number of halogens is 1. The van der Waals surface area contributed by atoms with E-state index in [1.165, 1.54) is 18.2 Å². The summed E-state index contributed by atoms with van der Waals surface area (Å²) in [6.45, 7) is 7.10. The van der Waals surface area contributed by atoms with Crippen LogP contribution in [-0.4, -0.2) is 28.6 Å². The van der Waals surface area contributed by atoms with Crippen molar-refractivity contribution in [1.82, 2.24) is 5.32 Å². The van der Waals surface area contributed by atoms with E-state index in [1.54, 1.807) is 19.9 Å². The summed E-state index contributed by atoms with van der Waals surface area (Å²) in [6.07, 6.45) is -0.757. The molecular formula is C17H24FNO4. The van der Waals surface area contributed by atoms with Crippen LogP contribution in [0.5, 0.6) is 5.75 Å². The van der Waals surface area contributed by atoms with Gasteiger partial charge in [0.25, 0.3) is 5.91 Å². The highest BCUT2D eigenvalue weighted by Crippen LogP contribution is 2.23. The fourth-order valence-corrected chi connectivity index (χ4v) is 2.08. The van der Waals surface area contributed by atoms with E-state index in [4.69, 9.17) is 9.84 Å². The number of carboxylic acids is 1. The number of nitrogens with one attached hydrogen (secondary N) is 1. The highest BCUT2D eigenvalue weighted by Gasteiger charge is 2.35. The monoisotopic (exact) mass is 325 g/mol. The van der Waals surface area contributed by atoms with Gasteiger partial charge in [0, 0.05) is 0 Å². The number of benzene rings is 1. The molecule has 1 aromatic carbocycles. The lowest BCUT2D eigenvalue weighted by Gasteiger charge is -2.34. The minimum absolute atomic E-state index is 0.000940. The molecule has 2 unspecified atom stereocenters. The van der Waals surface area contributed by atoms with E-state index < -0.39 is 29.3 Å². The fraction of sp³-hybridized carbons (Fsp3) is 0.529. The van der Waals surface area contributed by atoms with Crippen LogP contribution in [0.4, 0.5) is 4.39 Å². The number of ether oxygens (including phenoxy) is 1. The number of hydrogen-bond donors (Lipinski definition) is 2. The number of carbonyl (C=O) groups excluding carboxylic acids is 1. The van der Waals surface area contributed by atoms with E-state index in [1.807, 2.05) is 13.8 Å². The third kappa shape index (κ3) is 5.23. The zero-order valence-corrected chi connectivity index (χ0v) is 13.9. The predicted octanol–water partition coefficient (Wildman–Crippen LogP) is 2.99. The Morgan fingerprint density at radius 3 is 2.43 bits per heavy atom. The normalized spacial score (nSPS) is 14.9. The van der Waals surface area contributed by atoms with Gasteiger partial charge in [-0.1, -0.05) is 32.9 Å². The smallest absolute Gasteiger partial charge is 0.305 e. The van der Waals surface area contributed by atoms with E-state index in [-0.39, 0.29) is 18.1 Å². The van der Waals surface area contributed by atoms with Gasteiger partial charge in [0.05, 0.1) is 12.0 Å². The fourth-order valence-electron chi connectivity index (χ4n) is 2.08. The molecule has 128 valence electrons. The van der Waals surface area contributed by atoms with Crippen molar-refractivity contribution in [3.05, 3.63) is 30.1 Å². The van der Waals surface area contributed by atoms with Gasteiger partial charge in [-0.05, 0) is 31.4 Å². The number of aliphatic carboxylic acids is 1. The van der Waals surface area contributed by atoms with Crippen LogP contribution in [0.15, 0.2) is 24.3 Å². The van der Waals surface area contributed by atoms with Crippen LogP contribution in [0, 0.1) is 11.7 Å². The molecule has 1 rings (SSSR count). The lowest BCUT2D eigenvalue weighted by Crippen LogP contribution is -2.55. The summed E-state index contributed by atoms with van der Waals surface area (Å²) in [4.78, 5) is 23.5. The van der Waals surface area contributed by atoms with E-state index in [0.29, 0.717) is 6.42 Å². The van der Waals surface area contributed by atoms with Gasteiger partial charge in [0.1, 0.15) is 0 Å². The summed E-state index contributed by atoms with van der Waals surface area (Å²) >= 11 is 0. The van der Waals surface area contributed by atoms with Crippen molar-refractivity contribution in [2.24, 2.45) is 5.92 Å². The van der Waals surface area contributed by atoms with Crippen LogP contribution in [0.1, 0.15) is 40.5 Å². The van der Waals surface area contributed by atoms with E-state index in [9.17, 15) is 14.0 Å². The van der Waals surface area contributed by atoms with Gasteiger partial charge >= 0.3 is 5.97 Å². The molecule has 0 spiro atoms. The van der Waals surface area contributed by atoms with Gasteiger partial charge in [-0.25, -0.2) is 4.39 Å². The number of amides is 1. The maximum Gasteiger partial charge on any atom is 0.305 e. The number of carboxylic acid groups (broad SMARTS) is 1. The van der Waals surface area contributed by atoms with Crippen molar-refractivity contribution in [3.63, 3.8) is 0 Å². The second kappa shape index (κ2) is 7.94. The van der Waals surface area contributed by atoms with E-state index >= 15 is 0 Å². The summed E-state index contributed by atoms with van der Waals surface area (Å²) in [5.74, 6) is -2.08. The molecule has 0 radical (unpaired) electrons. The molecule has 0 saturated carbocycles. The first-order chi connectivity index (χ1) is 10.7. The molecule has 23 heavy (non-hydrogen) atoms. The Balaban J connectivity index is 2.87. The van der Waals surface area contributed by atoms with E-state index in [2.05, 4.69) is 5.32 Å². The van der Waals surface area contributed by atoms with Crippen molar-refractivity contribution >= 4 is 11.9 Å². The molecule has 5 nitrogen and oxygen atoms in total. The van der Waals surface area contributed by atoms with Crippen molar-refractivity contribution in [3.8, 4) is 5.75 Å². The first kappa shape index (κ1) is 18.9. The van der Waals surface area contributed by atoms with Crippen molar-refractivity contribution in [2.45, 2.75) is 52.2 Å². The third-order valence-corrected chi connectivity index (χ3v) is 3.97. The molecule has 2 atom stereocenters. The number of carbonyl (C=O) groups is 2. The highest BCUT2D eigenvalue weighted by molar-refractivity contribution is 5.82. The summed E-state index contributed by atoms with van der Waals surface area (Å²) in [5, 5.41) is 11.8. The van der Waals surface area contributed by atoms with Crippen LogP contribution in [0.25, 0.3) is 0 Å². The molecule has 0 aliphatic heterocycles. The Labute approximate surface area is 135 Å². The lowest BCUT2D eigenvalue weighted by molar-refractivity contribution is -0.140. The van der Waals surface area contributed by atoms with Gasteiger partial charge < -0.3 is 15.2 Å². The minimum atomic E-state index is -0.996. The average Bonchev–Trinajstić information content (AvgIpc) is 2.45. The topological polar surface area (TPSA) is 75.6 Å². The average molecular weight is 325 g/mol. The Morgan fingerprint density at radius 2 is 1.96 bits per heavy atom. The third-order valence-electron chi connectivity index (χ3n) is 3.97. The van der Waals surface area contributed by atoms with Gasteiger partial charge in [0.15, 0.2) is 17.7 Å². The summed E-state index contributed by atoms with van der Waals surface area (Å²) in [6, 6.07) is 5.85. The molecular weight excluding hydrogens is 301 g/mol. The predicted molar refractivity (Wildman–Crippen MR) is 84.7 cm³/mol. The first-order valence-corrected chi connectivity index (χ1v) is 7.64. The van der Waals surface area contributed by atoms with Crippen LogP contribution < -0.4 is 10.1 Å².